The molecule has 0 heterocycles. The van der Waals surface area contributed by atoms with E-state index in [1.807, 2.05) is 0 Å². The highest BCUT2D eigenvalue weighted by Crippen LogP contribution is 2.41. The van der Waals surface area contributed by atoms with E-state index in [9.17, 15) is 4.79 Å². The smallest absolute Gasteiger partial charge is 0.316 e. The van der Waals surface area contributed by atoms with Gasteiger partial charge in [0, 0.05) is 20.6 Å². The maximum atomic E-state index is 11.3. The van der Waals surface area contributed by atoms with Crippen LogP contribution in [0.25, 0.3) is 0 Å². The molecule has 0 aliphatic carbocycles. The Morgan fingerprint density at radius 1 is 1.06 bits per heavy atom. The molecule has 3 heteroatoms. The number of carbonyl (C=O) groups is 1. The third-order valence-corrected chi connectivity index (χ3v) is 3.94. The van der Waals surface area contributed by atoms with Gasteiger partial charge in [-0.2, -0.15) is 0 Å². The van der Waals surface area contributed by atoms with E-state index in [2.05, 4.69) is 39.9 Å². The molecule has 17 heavy (non-hydrogen) atoms. The number of urea groups is 1. The zero-order valence-electron chi connectivity index (χ0n) is 12.7. The predicted octanol–water partition coefficient (Wildman–Crippen LogP) is 3.50. The summed E-state index contributed by atoms with van der Waals surface area (Å²) in [5.41, 5.74) is 0.679. The summed E-state index contributed by atoms with van der Waals surface area (Å²) in [5.74, 6) is 0. The molecular formula is C14H30N2O. The van der Waals surface area contributed by atoms with Crippen molar-refractivity contribution >= 4 is 6.03 Å². The minimum Gasteiger partial charge on any atom is -0.338 e. The Balaban J connectivity index is 3.76. The summed E-state index contributed by atoms with van der Waals surface area (Å²) >= 11 is 0. The summed E-state index contributed by atoms with van der Waals surface area (Å²) in [4.78, 5) is 12.8. The molecule has 0 rings (SSSR count). The number of nitrogens with one attached hydrogen (secondary N) is 1. The molecule has 0 radical (unpaired) electrons. The minimum absolute atomic E-state index is 0.0000755. The summed E-state index contributed by atoms with van der Waals surface area (Å²) in [6.07, 6.45) is 3.42. The van der Waals surface area contributed by atoms with Gasteiger partial charge in [0.2, 0.25) is 0 Å². The number of nitrogens with zero attached hydrogens (tertiary/aromatic N) is 1. The van der Waals surface area contributed by atoms with Crippen molar-refractivity contribution < 1.29 is 4.79 Å². The molecule has 0 saturated heterocycles. The highest BCUT2D eigenvalue weighted by atomic mass is 16.2. The number of amides is 2. The lowest BCUT2D eigenvalue weighted by Gasteiger charge is -2.39. The fraction of sp³-hybridized carbons (Fsp3) is 0.929. The highest BCUT2D eigenvalue weighted by molar-refractivity contribution is 5.73. The molecule has 2 amide bonds. The zero-order chi connectivity index (χ0) is 13.7. The van der Waals surface area contributed by atoms with Gasteiger partial charge in [-0.3, -0.25) is 0 Å². The van der Waals surface area contributed by atoms with E-state index in [1.54, 1.807) is 19.0 Å². The summed E-state index contributed by atoms with van der Waals surface area (Å²) in [7, 11) is 3.52. The van der Waals surface area contributed by atoms with Gasteiger partial charge in [-0.25, -0.2) is 4.79 Å². The van der Waals surface area contributed by atoms with Crippen LogP contribution in [-0.4, -0.2) is 31.6 Å². The van der Waals surface area contributed by atoms with Crippen LogP contribution in [0.2, 0.25) is 0 Å². The van der Waals surface area contributed by atoms with Crippen molar-refractivity contribution in [3.8, 4) is 0 Å². The van der Waals surface area contributed by atoms with Crippen LogP contribution in [0, 0.1) is 10.8 Å². The maximum absolute atomic E-state index is 11.3. The van der Waals surface area contributed by atoms with Crippen LogP contribution >= 0.6 is 0 Å². The Kier molecular flexibility index (Phi) is 6.00. The van der Waals surface area contributed by atoms with E-state index in [4.69, 9.17) is 0 Å². The molecule has 0 aromatic heterocycles. The topological polar surface area (TPSA) is 32.3 Å². The first kappa shape index (κ1) is 16.3. The van der Waals surface area contributed by atoms with Crippen LogP contribution < -0.4 is 5.32 Å². The van der Waals surface area contributed by atoms with Crippen molar-refractivity contribution in [3.05, 3.63) is 0 Å². The van der Waals surface area contributed by atoms with Crippen molar-refractivity contribution in [1.82, 2.24) is 10.2 Å². The zero-order valence-corrected chi connectivity index (χ0v) is 12.7. The lowest BCUT2D eigenvalue weighted by Crippen LogP contribution is -2.35. The van der Waals surface area contributed by atoms with E-state index in [0.29, 0.717) is 10.8 Å². The van der Waals surface area contributed by atoms with Crippen LogP contribution in [-0.2, 0) is 0 Å². The van der Waals surface area contributed by atoms with Gasteiger partial charge in [-0.15, -0.1) is 0 Å². The fourth-order valence-corrected chi connectivity index (χ4v) is 1.42. The molecule has 0 bridgehead atoms. The van der Waals surface area contributed by atoms with E-state index < -0.39 is 0 Å². The molecule has 0 atom stereocenters. The molecule has 3 nitrogen and oxygen atoms in total. The molecule has 0 spiro atoms. The molecule has 0 fully saturated rings. The first-order valence-electron chi connectivity index (χ1n) is 6.53. The number of rotatable bonds is 5. The number of hydrogen-bond acceptors (Lipinski definition) is 1. The Morgan fingerprint density at radius 2 is 1.59 bits per heavy atom. The van der Waals surface area contributed by atoms with Gasteiger partial charge < -0.3 is 10.2 Å². The average Bonchev–Trinajstić information content (AvgIpc) is 2.14. The SMILES string of the molecule is CN(C)C(=O)NCCCCC(C)(C)C(C)(C)C. The van der Waals surface area contributed by atoms with Crippen LogP contribution in [0.15, 0.2) is 0 Å². The second-order valence-electron chi connectivity index (χ2n) is 6.72. The number of hydrogen-bond donors (Lipinski definition) is 1. The summed E-state index contributed by atoms with van der Waals surface area (Å²) in [6.45, 7) is 12.3. The summed E-state index contributed by atoms with van der Waals surface area (Å²) < 4.78 is 0. The van der Waals surface area contributed by atoms with Gasteiger partial charge >= 0.3 is 6.03 Å². The summed E-state index contributed by atoms with van der Waals surface area (Å²) in [5, 5.41) is 2.89. The van der Waals surface area contributed by atoms with Crippen molar-refractivity contribution in [3.63, 3.8) is 0 Å². The van der Waals surface area contributed by atoms with Crippen LogP contribution in [0.1, 0.15) is 53.9 Å². The molecule has 0 aliphatic rings. The van der Waals surface area contributed by atoms with Gasteiger partial charge in [0.25, 0.3) is 0 Å². The van der Waals surface area contributed by atoms with Gasteiger partial charge in [-0.1, -0.05) is 41.0 Å². The largest absolute Gasteiger partial charge is 0.338 e. The van der Waals surface area contributed by atoms with Gasteiger partial charge in [0.15, 0.2) is 0 Å². The monoisotopic (exact) mass is 242 g/mol. The van der Waals surface area contributed by atoms with Gasteiger partial charge in [0.05, 0.1) is 0 Å². The van der Waals surface area contributed by atoms with Crippen molar-refractivity contribution in [2.45, 2.75) is 53.9 Å². The molecule has 0 aromatic carbocycles. The quantitative estimate of drug-likeness (QED) is 0.735. The van der Waals surface area contributed by atoms with Crippen molar-refractivity contribution in [2.75, 3.05) is 20.6 Å². The lowest BCUT2D eigenvalue weighted by atomic mass is 9.67. The van der Waals surface area contributed by atoms with Gasteiger partial charge in [0.1, 0.15) is 0 Å². The van der Waals surface area contributed by atoms with E-state index in [0.717, 1.165) is 19.4 Å². The first-order valence-corrected chi connectivity index (χ1v) is 6.53. The van der Waals surface area contributed by atoms with E-state index >= 15 is 0 Å². The first-order chi connectivity index (χ1) is 7.58. The van der Waals surface area contributed by atoms with Crippen LogP contribution in [0.3, 0.4) is 0 Å². The molecule has 0 aromatic rings. The Bertz CT molecular complexity index is 239. The minimum atomic E-state index is 0.0000755. The van der Waals surface area contributed by atoms with Crippen molar-refractivity contribution in [2.24, 2.45) is 10.8 Å². The summed E-state index contributed by atoms with van der Waals surface area (Å²) in [6, 6.07) is 0.0000755. The second-order valence-corrected chi connectivity index (χ2v) is 6.72. The van der Waals surface area contributed by atoms with E-state index in [1.165, 1.54) is 6.42 Å². The Hall–Kier alpha value is -0.730. The second kappa shape index (κ2) is 6.27. The highest BCUT2D eigenvalue weighted by Gasteiger charge is 2.31. The normalized spacial score (nSPS) is 12.4. The third-order valence-electron chi connectivity index (χ3n) is 3.94. The molecule has 102 valence electrons. The maximum Gasteiger partial charge on any atom is 0.316 e. The lowest BCUT2D eigenvalue weighted by molar-refractivity contribution is 0.116. The fourth-order valence-electron chi connectivity index (χ4n) is 1.42. The Morgan fingerprint density at radius 3 is 2.00 bits per heavy atom. The molecular weight excluding hydrogens is 212 g/mol. The van der Waals surface area contributed by atoms with Crippen LogP contribution in [0.4, 0.5) is 4.79 Å². The number of unbranched alkanes of at least 4 members (excludes halogenated alkanes) is 1. The molecule has 0 unspecified atom stereocenters. The van der Waals surface area contributed by atoms with Crippen molar-refractivity contribution in [1.29, 1.82) is 0 Å². The third kappa shape index (κ3) is 5.94. The molecule has 0 saturated carbocycles. The predicted molar refractivity (Wildman–Crippen MR) is 74.2 cm³/mol. The standard InChI is InChI=1S/C14H30N2O/c1-13(2,3)14(4,5)10-8-9-11-15-12(17)16(6)7/h8-11H2,1-7H3,(H,15,17). The molecule has 1 N–H and O–H groups in total. The Labute approximate surface area is 107 Å². The van der Waals surface area contributed by atoms with E-state index in [-0.39, 0.29) is 6.03 Å². The van der Waals surface area contributed by atoms with Gasteiger partial charge in [-0.05, 0) is 23.7 Å². The molecule has 0 aliphatic heterocycles. The van der Waals surface area contributed by atoms with Crippen LogP contribution in [0.5, 0.6) is 0 Å². The average molecular weight is 242 g/mol. The number of carbonyl (C=O) groups excluding carboxylic acids is 1.